The van der Waals surface area contributed by atoms with Crippen molar-refractivity contribution in [1.82, 2.24) is 9.99 Å². The SMILES string of the molecule is O=C1[C@@H]2C[C@@H]3C(=CC[C@@H]4C(=O)N(c5ccc(-c6nc7ccccc7o6)cc5)C(=O)[C@@H]43)[C@H](c3ccc(O)cc3)[C@]2(c2ccc(Cl)cc2)C(=O)N1Nc1ccc(F)cc1. The molecule has 282 valence electrons. The number of phenolic OH excluding ortho intramolecular Hbond substituents is 1. The van der Waals surface area contributed by atoms with Crippen LogP contribution in [0.2, 0.25) is 5.02 Å². The molecule has 6 atom stereocenters. The van der Waals surface area contributed by atoms with E-state index < -0.39 is 52.6 Å². The summed E-state index contributed by atoms with van der Waals surface area (Å²) in [6.45, 7) is 0. The lowest BCUT2D eigenvalue weighted by Gasteiger charge is -2.50. The van der Waals surface area contributed by atoms with Crippen molar-refractivity contribution in [1.29, 1.82) is 0 Å². The van der Waals surface area contributed by atoms with Gasteiger partial charge in [0.25, 0.3) is 11.8 Å². The first kappa shape index (κ1) is 34.9. The Bertz CT molecular complexity index is 2630. The Kier molecular flexibility index (Phi) is 7.95. The molecule has 12 heteroatoms. The van der Waals surface area contributed by atoms with E-state index in [0.717, 1.165) is 10.6 Å². The van der Waals surface area contributed by atoms with Crippen molar-refractivity contribution in [2.75, 3.05) is 10.3 Å². The summed E-state index contributed by atoms with van der Waals surface area (Å²) in [6, 6.07) is 33.1. The monoisotopic (exact) mass is 778 g/mol. The molecular weight excluding hydrogens is 747 g/mol. The molecule has 0 unspecified atom stereocenters. The zero-order valence-electron chi connectivity index (χ0n) is 30.0. The van der Waals surface area contributed by atoms with Crippen molar-refractivity contribution in [3.8, 4) is 17.2 Å². The first-order chi connectivity index (χ1) is 27.6. The number of phenols is 1. The van der Waals surface area contributed by atoms with Crippen LogP contribution in [0.25, 0.3) is 22.6 Å². The number of aromatic hydroxyl groups is 1. The van der Waals surface area contributed by atoms with Crippen LogP contribution in [-0.4, -0.2) is 38.7 Å². The molecule has 57 heavy (non-hydrogen) atoms. The Morgan fingerprint density at radius 1 is 0.807 bits per heavy atom. The third kappa shape index (κ3) is 5.25. The average Bonchev–Trinajstić information content (AvgIpc) is 3.84. The van der Waals surface area contributed by atoms with Gasteiger partial charge in [-0.05, 0) is 115 Å². The van der Waals surface area contributed by atoms with E-state index in [1.54, 1.807) is 60.7 Å². The van der Waals surface area contributed by atoms with Crippen LogP contribution < -0.4 is 10.3 Å². The Labute approximate surface area is 330 Å². The fourth-order valence-electron chi connectivity index (χ4n) is 9.70. The predicted octanol–water partition coefficient (Wildman–Crippen LogP) is 8.18. The Morgan fingerprint density at radius 3 is 2.25 bits per heavy atom. The van der Waals surface area contributed by atoms with Crippen LogP contribution in [0.1, 0.15) is 29.9 Å². The van der Waals surface area contributed by atoms with Crippen LogP contribution in [0.4, 0.5) is 15.8 Å². The van der Waals surface area contributed by atoms with E-state index in [1.165, 1.54) is 41.3 Å². The Balaban J connectivity index is 1.07. The molecule has 2 aliphatic carbocycles. The first-order valence-corrected chi connectivity index (χ1v) is 19.0. The molecule has 1 aromatic heterocycles. The van der Waals surface area contributed by atoms with Gasteiger partial charge in [0, 0.05) is 16.5 Å². The van der Waals surface area contributed by atoms with Gasteiger partial charge in [0.15, 0.2) is 5.58 Å². The number of carbonyl (C=O) groups is 4. The fourth-order valence-corrected chi connectivity index (χ4v) is 9.83. The van der Waals surface area contributed by atoms with Gasteiger partial charge in [0.1, 0.15) is 17.1 Å². The maximum absolute atomic E-state index is 15.2. The number of halogens is 2. The molecule has 0 radical (unpaired) electrons. The summed E-state index contributed by atoms with van der Waals surface area (Å²) < 4.78 is 19.8. The second-order valence-electron chi connectivity index (χ2n) is 15.0. The molecule has 1 saturated carbocycles. The number of anilines is 2. The Hall–Kier alpha value is -6.59. The van der Waals surface area contributed by atoms with Crippen molar-refractivity contribution >= 4 is 57.7 Å². The van der Waals surface area contributed by atoms with E-state index in [-0.39, 0.29) is 30.4 Å². The summed E-state index contributed by atoms with van der Waals surface area (Å²) in [6.07, 6.45) is 2.31. The largest absolute Gasteiger partial charge is 0.508 e. The predicted molar refractivity (Wildman–Crippen MR) is 209 cm³/mol. The highest BCUT2D eigenvalue weighted by Gasteiger charge is 2.70. The highest BCUT2D eigenvalue weighted by Crippen LogP contribution is 2.64. The third-order valence-corrected chi connectivity index (χ3v) is 12.4. The van der Waals surface area contributed by atoms with Gasteiger partial charge in [-0.15, -0.1) is 0 Å². The second kappa shape index (κ2) is 13.0. The summed E-state index contributed by atoms with van der Waals surface area (Å²) in [7, 11) is 0. The van der Waals surface area contributed by atoms with Crippen LogP contribution in [0.3, 0.4) is 0 Å². The van der Waals surface area contributed by atoms with E-state index in [0.29, 0.717) is 50.1 Å². The van der Waals surface area contributed by atoms with Crippen LogP contribution in [-0.2, 0) is 24.6 Å². The smallest absolute Gasteiger partial charge is 0.260 e. The summed E-state index contributed by atoms with van der Waals surface area (Å²) in [4.78, 5) is 64.8. The molecule has 2 N–H and O–H groups in total. The van der Waals surface area contributed by atoms with Gasteiger partial charge in [-0.2, -0.15) is 5.01 Å². The van der Waals surface area contributed by atoms with Gasteiger partial charge in [0.2, 0.25) is 17.7 Å². The van der Waals surface area contributed by atoms with E-state index in [2.05, 4.69) is 10.4 Å². The van der Waals surface area contributed by atoms with Crippen molar-refractivity contribution in [3.63, 3.8) is 0 Å². The number of amides is 4. The van der Waals surface area contributed by atoms with Gasteiger partial charge in [-0.25, -0.2) is 9.37 Å². The third-order valence-electron chi connectivity index (χ3n) is 12.1. The number of hydrazine groups is 1. The topological polar surface area (TPSA) is 133 Å². The van der Waals surface area contributed by atoms with E-state index in [9.17, 15) is 23.9 Å². The van der Waals surface area contributed by atoms with Crippen LogP contribution in [0.15, 0.2) is 137 Å². The number of allylic oxidation sites excluding steroid dienone is 2. The number of imide groups is 2. The molecular formula is C45H32ClFN4O6. The lowest BCUT2D eigenvalue weighted by molar-refractivity contribution is -0.138. The van der Waals surface area contributed by atoms with Crippen LogP contribution in [0.5, 0.6) is 5.75 Å². The summed E-state index contributed by atoms with van der Waals surface area (Å²) in [5.41, 5.74) is 6.17. The van der Waals surface area contributed by atoms with Crippen molar-refractivity contribution in [3.05, 3.63) is 155 Å². The molecule has 4 aliphatic rings. The summed E-state index contributed by atoms with van der Waals surface area (Å²) in [5.74, 6) is -5.67. The average molecular weight is 779 g/mol. The maximum atomic E-state index is 15.2. The number of nitrogens with one attached hydrogen (secondary N) is 1. The lowest BCUT2D eigenvalue weighted by Crippen LogP contribution is -2.53. The number of fused-ring (bicyclic) bond motifs is 5. The standard InChI is InChI=1S/C45H32ClFN4O6/c46-27-11-9-26(10-12-27)45-35(42(54)51(44(45)56)49-29-15-13-28(47)14-16-29)23-34-32(39(45)24-7-19-31(52)20-8-24)21-22-33-38(34)43(55)50(41(33)53)30-17-5-25(6-18-30)40-48-36-3-1-2-4-37(36)57-40/h1-21,33-35,38-39,49,52H,22-23H2/t33-,34+,35-,38-,39-,45+/m0/s1. The highest BCUT2D eigenvalue weighted by molar-refractivity contribution is 6.30. The summed E-state index contributed by atoms with van der Waals surface area (Å²) >= 11 is 6.37. The Morgan fingerprint density at radius 2 is 1.53 bits per heavy atom. The van der Waals surface area contributed by atoms with Crippen LogP contribution >= 0.6 is 11.6 Å². The van der Waals surface area contributed by atoms with E-state index in [4.69, 9.17) is 16.0 Å². The van der Waals surface area contributed by atoms with Gasteiger partial charge in [-0.1, -0.05) is 59.6 Å². The number of benzene rings is 5. The molecule has 0 spiro atoms. The minimum atomic E-state index is -1.52. The second-order valence-corrected chi connectivity index (χ2v) is 15.4. The number of oxazole rings is 1. The molecule has 3 heterocycles. The number of nitrogens with zero attached hydrogens (tertiary/aromatic N) is 3. The van der Waals surface area contributed by atoms with Crippen molar-refractivity contribution in [2.45, 2.75) is 24.2 Å². The van der Waals surface area contributed by atoms with Crippen LogP contribution in [0, 0.1) is 29.5 Å². The number of rotatable bonds is 6. The molecule has 10 nitrogen and oxygen atoms in total. The van der Waals surface area contributed by atoms with Gasteiger partial charge >= 0.3 is 0 Å². The molecule has 10 rings (SSSR count). The highest BCUT2D eigenvalue weighted by atomic mass is 35.5. The molecule has 4 amide bonds. The first-order valence-electron chi connectivity index (χ1n) is 18.6. The molecule has 2 saturated heterocycles. The minimum Gasteiger partial charge on any atom is -0.508 e. The minimum absolute atomic E-state index is 0.0173. The molecule has 0 bridgehead atoms. The van der Waals surface area contributed by atoms with Crippen molar-refractivity contribution in [2.24, 2.45) is 23.7 Å². The number of hydrogen-bond donors (Lipinski definition) is 2. The number of hydrogen-bond acceptors (Lipinski definition) is 8. The number of carbonyl (C=O) groups excluding carboxylic acids is 4. The maximum Gasteiger partial charge on any atom is 0.260 e. The lowest BCUT2D eigenvalue weighted by atomic mass is 9.49. The summed E-state index contributed by atoms with van der Waals surface area (Å²) in [5, 5.41) is 11.8. The quantitative estimate of drug-likeness (QED) is 0.128. The van der Waals surface area contributed by atoms with Crippen molar-refractivity contribution < 1.29 is 33.1 Å². The normalized spacial score (nSPS) is 25.4. The zero-order chi connectivity index (χ0) is 39.2. The van der Waals surface area contributed by atoms with E-state index >= 15 is 4.79 Å². The molecule has 2 aliphatic heterocycles. The van der Waals surface area contributed by atoms with Gasteiger partial charge in [-0.3, -0.25) is 29.5 Å². The fraction of sp³-hybridized carbons (Fsp3) is 0.178. The molecule has 6 aromatic rings. The van der Waals surface area contributed by atoms with Gasteiger partial charge in [0.05, 0.1) is 34.5 Å². The number of aromatic nitrogens is 1. The van der Waals surface area contributed by atoms with E-state index in [1.807, 2.05) is 30.3 Å². The number of para-hydroxylation sites is 2. The molecule has 5 aromatic carbocycles. The van der Waals surface area contributed by atoms with Gasteiger partial charge < -0.3 is 9.52 Å². The molecule has 3 fully saturated rings. The zero-order valence-corrected chi connectivity index (χ0v) is 30.8.